The number of carbonyl (C=O) groups excluding carboxylic acids is 2. The van der Waals surface area contributed by atoms with Gasteiger partial charge in [0.15, 0.2) is 0 Å². The Morgan fingerprint density at radius 1 is 1.25 bits per heavy atom. The van der Waals surface area contributed by atoms with Crippen LogP contribution in [0, 0.1) is 0 Å². The zero-order chi connectivity index (χ0) is 14.7. The van der Waals surface area contributed by atoms with Gasteiger partial charge in [-0.25, -0.2) is 0 Å². The molecule has 0 bridgehead atoms. The first-order chi connectivity index (χ1) is 9.51. The fourth-order valence-corrected chi connectivity index (χ4v) is 3.25. The quantitative estimate of drug-likeness (QED) is 0.852. The van der Waals surface area contributed by atoms with Crippen molar-refractivity contribution in [2.24, 2.45) is 5.73 Å². The number of thiophene rings is 1. The molecule has 20 heavy (non-hydrogen) atoms. The zero-order valence-corrected chi connectivity index (χ0v) is 12.7. The van der Waals surface area contributed by atoms with Crippen LogP contribution in [0.5, 0.6) is 0 Å². The van der Waals surface area contributed by atoms with Gasteiger partial charge in [0.2, 0.25) is 5.91 Å². The molecule has 6 heteroatoms. The Kier molecular flexibility index (Phi) is 4.46. The average Bonchev–Trinajstić information content (AvgIpc) is 2.82. The molecule has 1 aromatic carbocycles. The van der Waals surface area contributed by atoms with E-state index in [-0.39, 0.29) is 5.91 Å². The molecule has 1 aromatic heterocycles. The Labute approximate surface area is 125 Å². The van der Waals surface area contributed by atoms with Crippen molar-refractivity contribution >= 4 is 39.9 Å². The highest BCUT2D eigenvalue weighted by Crippen LogP contribution is 2.35. The van der Waals surface area contributed by atoms with Gasteiger partial charge < -0.3 is 11.1 Å². The summed E-state index contributed by atoms with van der Waals surface area (Å²) in [7, 11) is 0. The number of hydrogen-bond acceptors (Lipinski definition) is 4. The molecule has 0 aliphatic rings. The molecule has 4 nitrogen and oxygen atoms in total. The number of anilines is 1. The number of primary amides is 1. The first kappa shape index (κ1) is 14.6. The fourth-order valence-electron chi connectivity index (χ4n) is 1.72. The molecule has 0 spiro atoms. The largest absolute Gasteiger partial charge is 0.366 e. The predicted molar refractivity (Wildman–Crippen MR) is 84.4 cm³/mol. The molecule has 0 radical (unpaired) electrons. The Balaban J connectivity index is 2.41. The normalized spacial score (nSPS) is 10.3. The second-order valence-electron chi connectivity index (χ2n) is 4.13. The third-order valence-electron chi connectivity index (χ3n) is 2.66. The second-order valence-corrected chi connectivity index (χ2v) is 6.06. The monoisotopic (exact) mass is 306 g/mol. The van der Waals surface area contributed by atoms with Crippen molar-refractivity contribution in [3.05, 3.63) is 35.9 Å². The Hall–Kier alpha value is -1.79. The van der Waals surface area contributed by atoms with E-state index in [1.54, 1.807) is 17.8 Å². The van der Waals surface area contributed by atoms with Gasteiger partial charge >= 0.3 is 0 Å². The van der Waals surface area contributed by atoms with E-state index in [1.165, 1.54) is 23.2 Å². The van der Waals surface area contributed by atoms with Gasteiger partial charge in [-0.05, 0) is 30.0 Å². The molecule has 0 saturated heterocycles. The lowest BCUT2D eigenvalue weighted by molar-refractivity contribution is -0.114. The van der Waals surface area contributed by atoms with Crippen LogP contribution in [-0.2, 0) is 4.79 Å². The van der Waals surface area contributed by atoms with Crippen molar-refractivity contribution in [1.29, 1.82) is 0 Å². The van der Waals surface area contributed by atoms with Crippen LogP contribution in [0.1, 0.15) is 17.3 Å². The van der Waals surface area contributed by atoms with E-state index in [0.717, 1.165) is 10.4 Å². The third kappa shape index (κ3) is 3.20. The highest BCUT2D eigenvalue weighted by molar-refractivity contribution is 7.98. The van der Waals surface area contributed by atoms with Crippen molar-refractivity contribution in [3.63, 3.8) is 0 Å². The molecule has 0 atom stereocenters. The van der Waals surface area contributed by atoms with Crippen LogP contribution in [0.3, 0.4) is 0 Å². The van der Waals surface area contributed by atoms with Gasteiger partial charge in [0.05, 0.1) is 5.56 Å². The maximum Gasteiger partial charge on any atom is 0.251 e. The summed E-state index contributed by atoms with van der Waals surface area (Å²) >= 11 is 3.01. The molecule has 0 aliphatic carbocycles. The highest BCUT2D eigenvalue weighted by atomic mass is 32.2. The lowest BCUT2D eigenvalue weighted by atomic mass is 10.1. The molecule has 0 fully saturated rings. The van der Waals surface area contributed by atoms with Gasteiger partial charge in [-0.15, -0.1) is 23.1 Å². The minimum absolute atomic E-state index is 0.223. The molecule has 0 saturated carbocycles. The van der Waals surface area contributed by atoms with Crippen molar-refractivity contribution in [3.8, 4) is 10.4 Å². The van der Waals surface area contributed by atoms with E-state index < -0.39 is 5.91 Å². The van der Waals surface area contributed by atoms with Gasteiger partial charge in [-0.3, -0.25) is 9.59 Å². The SMILES string of the molecule is CSc1ccc(-c2cc(C(N)=O)c(NC(C)=O)s2)cc1. The zero-order valence-electron chi connectivity index (χ0n) is 11.1. The van der Waals surface area contributed by atoms with E-state index in [9.17, 15) is 9.59 Å². The summed E-state index contributed by atoms with van der Waals surface area (Å²) < 4.78 is 0. The van der Waals surface area contributed by atoms with E-state index in [0.29, 0.717) is 10.6 Å². The molecular formula is C14H14N2O2S2. The first-order valence-corrected chi connectivity index (χ1v) is 7.91. The van der Waals surface area contributed by atoms with Gasteiger partial charge in [0, 0.05) is 16.7 Å². The number of carbonyl (C=O) groups is 2. The van der Waals surface area contributed by atoms with Crippen molar-refractivity contribution in [2.75, 3.05) is 11.6 Å². The van der Waals surface area contributed by atoms with Crippen LogP contribution in [0.15, 0.2) is 35.2 Å². The van der Waals surface area contributed by atoms with Crippen LogP contribution in [-0.4, -0.2) is 18.1 Å². The number of amides is 2. The summed E-state index contributed by atoms with van der Waals surface area (Å²) in [4.78, 5) is 24.6. The van der Waals surface area contributed by atoms with E-state index in [2.05, 4.69) is 5.32 Å². The molecule has 104 valence electrons. The summed E-state index contributed by atoms with van der Waals surface area (Å²) in [5, 5.41) is 3.14. The topological polar surface area (TPSA) is 72.2 Å². The van der Waals surface area contributed by atoms with Crippen LogP contribution >= 0.6 is 23.1 Å². The standard InChI is InChI=1S/C14H14N2O2S2/c1-8(17)16-14-11(13(15)18)7-12(20-14)9-3-5-10(19-2)6-4-9/h3-7H,1-2H3,(H2,15,18)(H,16,17). The Bertz CT molecular complexity index is 648. The van der Waals surface area contributed by atoms with Gasteiger partial charge in [-0.2, -0.15) is 0 Å². The van der Waals surface area contributed by atoms with Crippen molar-refractivity contribution < 1.29 is 9.59 Å². The molecule has 2 amide bonds. The van der Waals surface area contributed by atoms with Crippen LogP contribution < -0.4 is 11.1 Å². The predicted octanol–water partition coefficient (Wildman–Crippen LogP) is 3.19. The van der Waals surface area contributed by atoms with Crippen molar-refractivity contribution in [1.82, 2.24) is 0 Å². The maximum absolute atomic E-state index is 11.4. The van der Waals surface area contributed by atoms with Crippen LogP contribution in [0.25, 0.3) is 10.4 Å². The molecular weight excluding hydrogens is 292 g/mol. The minimum atomic E-state index is -0.544. The summed E-state index contributed by atoms with van der Waals surface area (Å²) in [5.74, 6) is -0.768. The summed E-state index contributed by atoms with van der Waals surface area (Å²) in [6.07, 6.45) is 2.01. The number of rotatable bonds is 4. The van der Waals surface area contributed by atoms with E-state index in [1.807, 2.05) is 30.5 Å². The number of nitrogens with two attached hydrogens (primary N) is 1. The first-order valence-electron chi connectivity index (χ1n) is 5.87. The van der Waals surface area contributed by atoms with Gasteiger partial charge in [0.1, 0.15) is 5.00 Å². The van der Waals surface area contributed by atoms with Crippen LogP contribution in [0.4, 0.5) is 5.00 Å². The number of nitrogens with one attached hydrogen (secondary N) is 1. The molecule has 0 aliphatic heterocycles. The smallest absolute Gasteiger partial charge is 0.251 e. The van der Waals surface area contributed by atoms with E-state index >= 15 is 0 Å². The third-order valence-corrected chi connectivity index (χ3v) is 4.50. The number of benzene rings is 1. The highest BCUT2D eigenvalue weighted by Gasteiger charge is 2.15. The van der Waals surface area contributed by atoms with Crippen LogP contribution in [0.2, 0.25) is 0 Å². The van der Waals surface area contributed by atoms with Crippen molar-refractivity contribution in [2.45, 2.75) is 11.8 Å². The van der Waals surface area contributed by atoms with Gasteiger partial charge in [0.25, 0.3) is 5.91 Å². The maximum atomic E-state index is 11.4. The second kappa shape index (κ2) is 6.11. The molecule has 2 rings (SSSR count). The lowest BCUT2D eigenvalue weighted by Gasteiger charge is -2.00. The van der Waals surface area contributed by atoms with Gasteiger partial charge in [-0.1, -0.05) is 12.1 Å². The molecule has 0 unspecified atom stereocenters. The summed E-state index contributed by atoms with van der Waals surface area (Å²) in [5.41, 5.74) is 6.67. The molecule has 2 aromatic rings. The van der Waals surface area contributed by atoms with E-state index in [4.69, 9.17) is 5.73 Å². The number of hydrogen-bond donors (Lipinski definition) is 2. The molecule has 3 N–H and O–H groups in total. The average molecular weight is 306 g/mol. The minimum Gasteiger partial charge on any atom is -0.366 e. The number of thioether (sulfide) groups is 1. The summed E-state index contributed by atoms with van der Waals surface area (Å²) in [6.45, 7) is 1.40. The fraction of sp³-hybridized carbons (Fsp3) is 0.143. The molecule has 1 heterocycles. The Morgan fingerprint density at radius 3 is 2.40 bits per heavy atom. The summed E-state index contributed by atoms with van der Waals surface area (Å²) in [6, 6.07) is 9.72. The lowest BCUT2D eigenvalue weighted by Crippen LogP contribution is -2.14. The Morgan fingerprint density at radius 2 is 1.90 bits per heavy atom.